The molecule has 0 aliphatic carbocycles. The molecular weight excluding hydrogens is 365 g/mol. The van der Waals surface area contributed by atoms with Gasteiger partial charge in [-0.2, -0.15) is 0 Å². The van der Waals surface area contributed by atoms with Gasteiger partial charge in [0, 0.05) is 11.1 Å². The van der Waals surface area contributed by atoms with E-state index in [-0.39, 0.29) is 18.5 Å². The molecule has 4 nitrogen and oxygen atoms in total. The minimum absolute atomic E-state index is 0.0821. The lowest BCUT2D eigenvalue weighted by molar-refractivity contribution is 0.276. The van der Waals surface area contributed by atoms with Crippen LogP contribution >= 0.6 is 0 Å². The fourth-order valence-corrected chi connectivity index (χ4v) is 3.21. The molecule has 0 aliphatic rings. The van der Waals surface area contributed by atoms with Gasteiger partial charge in [-0.3, -0.25) is 4.98 Å². The maximum absolute atomic E-state index is 15.1. The Morgan fingerprint density at radius 2 is 1.48 bits per heavy atom. The van der Waals surface area contributed by atoms with Crippen molar-refractivity contribution in [2.75, 3.05) is 11.9 Å². The van der Waals surface area contributed by atoms with E-state index in [2.05, 4.69) is 15.3 Å². The van der Waals surface area contributed by atoms with Crippen molar-refractivity contribution in [3.63, 3.8) is 0 Å². The molecule has 1 heterocycles. The molecule has 0 aliphatic heterocycles. The maximum Gasteiger partial charge on any atom is 0.145 e. The summed E-state index contributed by atoms with van der Waals surface area (Å²) in [5.41, 5.74) is 3.13. The molecule has 1 aromatic heterocycles. The fourth-order valence-electron chi connectivity index (χ4n) is 3.21. The Labute approximate surface area is 168 Å². The second kappa shape index (κ2) is 8.63. The minimum Gasteiger partial charge on any atom is -0.394 e. The van der Waals surface area contributed by atoms with Gasteiger partial charge in [-0.15, -0.1) is 0 Å². The summed E-state index contributed by atoms with van der Waals surface area (Å²) in [6.45, 7) is -0.0821. The number of anilines is 1. The number of nitrogens with zero attached hydrogens (tertiary/aromatic N) is 2. The van der Waals surface area contributed by atoms with Crippen LogP contribution in [-0.4, -0.2) is 21.7 Å². The molecule has 29 heavy (non-hydrogen) atoms. The molecule has 0 spiro atoms. The van der Waals surface area contributed by atoms with Crippen LogP contribution in [0.1, 0.15) is 11.6 Å². The van der Waals surface area contributed by atoms with Gasteiger partial charge in [0.25, 0.3) is 0 Å². The predicted octanol–water partition coefficient (Wildman–Crippen LogP) is 5.10. The van der Waals surface area contributed by atoms with Crippen LogP contribution in [0.3, 0.4) is 0 Å². The zero-order valence-corrected chi connectivity index (χ0v) is 15.7. The van der Waals surface area contributed by atoms with Crippen molar-refractivity contribution < 1.29 is 9.50 Å². The van der Waals surface area contributed by atoms with Crippen LogP contribution in [0.15, 0.2) is 91.3 Å². The second-order valence-corrected chi connectivity index (χ2v) is 6.61. The van der Waals surface area contributed by atoms with Gasteiger partial charge < -0.3 is 10.4 Å². The summed E-state index contributed by atoms with van der Waals surface area (Å²) in [5, 5.41) is 12.8. The SMILES string of the molecule is OC[C@@H](Nc1cnc(-c2cccc(-c3ccccc3)c2F)cn1)c1ccccc1. The van der Waals surface area contributed by atoms with E-state index in [0.717, 1.165) is 11.1 Å². The van der Waals surface area contributed by atoms with E-state index in [0.29, 0.717) is 22.6 Å². The summed E-state index contributed by atoms with van der Waals surface area (Å²) in [5.74, 6) is 0.183. The third kappa shape index (κ3) is 4.15. The van der Waals surface area contributed by atoms with E-state index in [1.54, 1.807) is 18.3 Å². The summed E-state index contributed by atoms with van der Waals surface area (Å²) in [6, 6.07) is 24.0. The Bertz CT molecular complexity index is 1070. The summed E-state index contributed by atoms with van der Waals surface area (Å²) in [4.78, 5) is 8.74. The highest BCUT2D eigenvalue weighted by molar-refractivity contribution is 5.72. The van der Waals surface area contributed by atoms with Crippen molar-refractivity contribution in [1.82, 2.24) is 9.97 Å². The van der Waals surface area contributed by atoms with Gasteiger partial charge in [0.1, 0.15) is 11.6 Å². The normalized spacial score (nSPS) is 11.8. The molecule has 4 aromatic rings. The van der Waals surface area contributed by atoms with E-state index in [4.69, 9.17) is 0 Å². The van der Waals surface area contributed by atoms with Crippen LogP contribution in [0, 0.1) is 5.82 Å². The van der Waals surface area contributed by atoms with Gasteiger partial charge in [0.2, 0.25) is 0 Å². The molecule has 0 saturated heterocycles. The standard InChI is InChI=1S/C24H20FN3O/c25-24-19(17-8-3-1-4-9-17)12-7-13-20(24)21-14-27-23(15-26-21)28-22(16-29)18-10-5-2-6-11-18/h1-15,22,29H,16H2,(H,27,28)/t22-/m1/s1. The number of hydrogen-bond donors (Lipinski definition) is 2. The number of aliphatic hydroxyl groups is 1. The third-order valence-electron chi connectivity index (χ3n) is 4.72. The number of aliphatic hydroxyl groups excluding tert-OH is 1. The first-order chi connectivity index (χ1) is 14.3. The van der Waals surface area contributed by atoms with Crippen LogP contribution in [0.25, 0.3) is 22.4 Å². The third-order valence-corrected chi connectivity index (χ3v) is 4.72. The average molecular weight is 385 g/mol. The first kappa shape index (κ1) is 18.8. The highest BCUT2D eigenvalue weighted by atomic mass is 19.1. The highest BCUT2D eigenvalue weighted by Gasteiger charge is 2.14. The smallest absolute Gasteiger partial charge is 0.145 e. The lowest BCUT2D eigenvalue weighted by atomic mass is 10.0. The van der Waals surface area contributed by atoms with E-state index in [1.807, 2.05) is 66.7 Å². The monoisotopic (exact) mass is 385 g/mol. The largest absolute Gasteiger partial charge is 0.394 e. The molecule has 2 N–H and O–H groups in total. The average Bonchev–Trinajstić information content (AvgIpc) is 2.79. The lowest BCUT2D eigenvalue weighted by Crippen LogP contribution is -2.15. The molecule has 5 heteroatoms. The van der Waals surface area contributed by atoms with E-state index >= 15 is 4.39 Å². The quantitative estimate of drug-likeness (QED) is 0.485. The van der Waals surface area contributed by atoms with Gasteiger partial charge in [-0.05, 0) is 17.2 Å². The molecule has 0 bridgehead atoms. The van der Waals surface area contributed by atoms with Crippen molar-refractivity contribution in [3.8, 4) is 22.4 Å². The molecule has 0 amide bonds. The predicted molar refractivity (Wildman–Crippen MR) is 113 cm³/mol. The number of nitrogens with one attached hydrogen (secondary N) is 1. The van der Waals surface area contributed by atoms with Crippen molar-refractivity contribution in [1.29, 1.82) is 0 Å². The van der Waals surface area contributed by atoms with Crippen LogP contribution in [0.2, 0.25) is 0 Å². The summed E-state index contributed by atoms with van der Waals surface area (Å²) in [7, 11) is 0. The van der Waals surface area contributed by atoms with Crippen molar-refractivity contribution in [2.24, 2.45) is 0 Å². The first-order valence-corrected chi connectivity index (χ1v) is 9.35. The number of aromatic nitrogens is 2. The molecule has 0 unspecified atom stereocenters. The minimum atomic E-state index is -0.328. The number of halogens is 1. The van der Waals surface area contributed by atoms with Crippen LogP contribution in [0.4, 0.5) is 10.2 Å². The molecule has 0 saturated carbocycles. The zero-order valence-electron chi connectivity index (χ0n) is 15.7. The molecular formula is C24H20FN3O. The second-order valence-electron chi connectivity index (χ2n) is 6.61. The summed E-state index contributed by atoms with van der Waals surface area (Å²) < 4.78 is 15.1. The summed E-state index contributed by atoms with van der Waals surface area (Å²) >= 11 is 0. The maximum atomic E-state index is 15.1. The van der Waals surface area contributed by atoms with E-state index in [9.17, 15) is 5.11 Å². The van der Waals surface area contributed by atoms with Crippen molar-refractivity contribution in [2.45, 2.75) is 6.04 Å². The molecule has 1 atom stereocenters. The van der Waals surface area contributed by atoms with Gasteiger partial charge in [0.05, 0.1) is 30.7 Å². The highest BCUT2D eigenvalue weighted by Crippen LogP contribution is 2.30. The van der Waals surface area contributed by atoms with Gasteiger partial charge in [-0.1, -0.05) is 72.8 Å². The van der Waals surface area contributed by atoms with Crippen LogP contribution < -0.4 is 5.32 Å². The molecule has 0 radical (unpaired) electrons. The van der Waals surface area contributed by atoms with Gasteiger partial charge in [-0.25, -0.2) is 9.37 Å². The first-order valence-electron chi connectivity index (χ1n) is 9.35. The van der Waals surface area contributed by atoms with E-state index < -0.39 is 0 Å². The molecule has 144 valence electrons. The van der Waals surface area contributed by atoms with Crippen LogP contribution in [0.5, 0.6) is 0 Å². The number of benzene rings is 3. The van der Waals surface area contributed by atoms with Crippen molar-refractivity contribution in [3.05, 3.63) is 103 Å². The number of rotatable bonds is 6. The lowest BCUT2D eigenvalue weighted by Gasteiger charge is -2.17. The Hall–Kier alpha value is -3.57. The molecule has 4 rings (SSSR count). The van der Waals surface area contributed by atoms with Crippen LogP contribution in [-0.2, 0) is 0 Å². The molecule has 0 fully saturated rings. The Morgan fingerprint density at radius 3 is 2.14 bits per heavy atom. The Morgan fingerprint density at radius 1 is 0.793 bits per heavy atom. The van der Waals surface area contributed by atoms with Gasteiger partial charge >= 0.3 is 0 Å². The zero-order chi connectivity index (χ0) is 20.1. The van der Waals surface area contributed by atoms with Crippen molar-refractivity contribution >= 4 is 5.82 Å². The topological polar surface area (TPSA) is 58.0 Å². The number of hydrogen-bond acceptors (Lipinski definition) is 4. The van der Waals surface area contributed by atoms with E-state index in [1.165, 1.54) is 6.20 Å². The summed E-state index contributed by atoms with van der Waals surface area (Å²) in [6.07, 6.45) is 3.09. The molecule has 3 aromatic carbocycles. The Balaban J connectivity index is 1.59. The fraction of sp³-hybridized carbons (Fsp3) is 0.0833. The Kier molecular flexibility index (Phi) is 5.59. The van der Waals surface area contributed by atoms with Gasteiger partial charge in [0.15, 0.2) is 0 Å².